The van der Waals surface area contributed by atoms with Crippen LogP contribution in [0, 0.1) is 11.7 Å². The molecule has 0 aromatic heterocycles. The normalized spacial score (nSPS) is 27.6. The number of likely N-dealkylation sites (N-methyl/N-ethyl adjacent to an activating group) is 1. The van der Waals surface area contributed by atoms with Crippen molar-refractivity contribution in [1.82, 2.24) is 4.90 Å². The lowest BCUT2D eigenvalue weighted by Gasteiger charge is -2.45. The van der Waals surface area contributed by atoms with E-state index in [0.29, 0.717) is 35.3 Å². The van der Waals surface area contributed by atoms with Crippen LogP contribution in [0.25, 0.3) is 11.1 Å². The van der Waals surface area contributed by atoms with Crippen LogP contribution in [0.15, 0.2) is 41.4 Å². The Kier molecular flexibility index (Phi) is 4.15. The molecule has 1 amide bonds. The topological polar surface area (TPSA) is 85.0 Å². The first-order valence-electron chi connectivity index (χ1n) is 9.72. The van der Waals surface area contributed by atoms with Crippen LogP contribution in [0.4, 0.5) is 4.39 Å². The minimum Gasteiger partial charge on any atom is -0.490 e. The van der Waals surface area contributed by atoms with Gasteiger partial charge in [-0.3, -0.25) is 14.5 Å². The SMILES string of the molecule is CN1C(=O)[C@]2(N=C1N)c1cc(-c3cc(F)cc(Cl)c3)ccc1O[C@H]1CCC(=O)C[C@@H]12. The summed E-state index contributed by atoms with van der Waals surface area (Å²) in [6.07, 6.45) is 0.821. The molecule has 1 saturated carbocycles. The predicted molar refractivity (Wildman–Crippen MR) is 110 cm³/mol. The summed E-state index contributed by atoms with van der Waals surface area (Å²) in [6, 6.07) is 9.57. The summed E-state index contributed by atoms with van der Waals surface area (Å²) in [5.74, 6) is -0.497. The van der Waals surface area contributed by atoms with Crippen LogP contribution in [0.2, 0.25) is 5.02 Å². The number of carbonyl (C=O) groups excluding carboxylic acids is 2. The zero-order chi connectivity index (χ0) is 21.2. The number of hydrogen-bond acceptors (Lipinski definition) is 5. The molecule has 154 valence electrons. The molecule has 8 heteroatoms. The summed E-state index contributed by atoms with van der Waals surface area (Å²) in [7, 11) is 1.57. The first-order valence-corrected chi connectivity index (χ1v) is 10.1. The average Bonchev–Trinajstić information content (AvgIpc) is 2.93. The van der Waals surface area contributed by atoms with E-state index in [1.807, 2.05) is 0 Å². The summed E-state index contributed by atoms with van der Waals surface area (Å²) < 4.78 is 20.1. The molecule has 3 aliphatic rings. The quantitative estimate of drug-likeness (QED) is 0.757. The maximum Gasteiger partial charge on any atom is 0.262 e. The predicted octanol–water partition coefficient (Wildman–Crippen LogP) is 3.26. The van der Waals surface area contributed by atoms with Crippen LogP contribution in [-0.4, -0.2) is 35.7 Å². The molecule has 0 unspecified atom stereocenters. The van der Waals surface area contributed by atoms with Crippen molar-refractivity contribution < 1.29 is 18.7 Å². The van der Waals surface area contributed by atoms with Crippen LogP contribution in [0.1, 0.15) is 24.8 Å². The van der Waals surface area contributed by atoms with Crippen molar-refractivity contribution in [3.8, 4) is 16.9 Å². The lowest BCUT2D eigenvalue weighted by atomic mass is 9.67. The second-order valence-electron chi connectivity index (χ2n) is 8.01. The second-order valence-corrected chi connectivity index (χ2v) is 8.45. The van der Waals surface area contributed by atoms with Gasteiger partial charge in [0, 0.05) is 36.4 Å². The van der Waals surface area contributed by atoms with Crippen LogP contribution < -0.4 is 10.5 Å². The molecule has 0 radical (unpaired) electrons. The summed E-state index contributed by atoms with van der Waals surface area (Å²) in [4.78, 5) is 31.7. The van der Waals surface area contributed by atoms with Gasteiger partial charge in [0.1, 0.15) is 23.5 Å². The van der Waals surface area contributed by atoms with Crippen molar-refractivity contribution in [2.45, 2.75) is 30.9 Å². The number of aliphatic imine (C=N–C) groups is 1. The smallest absolute Gasteiger partial charge is 0.262 e. The summed E-state index contributed by atoms with van der Waals surface area (Å²) in [6.45, 7) is 0. The number of rotatable bonds is 1. The molecular formula is C22H19ClFN3O3. The number of nitrogens with zero attached hydrogens (tertiary/aromatic N) is 2. The van der Waals surface area contributed by atoms with E-state index in [9.17, 15) is 14.0 Å². The average molecular weight is 428 g/mol. The molecule has 5 rings (SSSR count). The Labute approximate surface area is 177 Å². The molecule has 0 bridgehead atoms. The van der Waals surface area contributed by atoms with E-state index in [1.165, 1.54) is 17.0 Å². The number of fused-ring (bicyclic) bond motifs is 4. The van der Waals surface area contributed by atoms with Crippen LogP contribution in [0.3, 0.4) is 0 Å². The highest BCUT2D eigenvalue weighted by molar-refractivity contribution is 6.30. The Hall–Kier alpha value is -2.93. The summed E-state index contributed by atoms with van der Waals surface area (Å²) in [5.41, 5.74) is 6.47. The lowest BCUT2D eigenvalue weighted by Crippen LogP contribution is -2.54. The number of ether oxygens (including phenoxy) is 1. The first kappa shape index (κ1) is 19.1. The van der Waals surface area contributed by atoms with Gasteiger partial charge in [-0.1, -0.05) is 17.7 Å². The molecule has 2 heterocycles. The van der Waals surface area contributed by atoms with Gasteiger partial charge in [0.05, 0.1) is 0 Å². The van der Waals surface area contributed by atoms with Crippen molar-refractivity contribution in [3.05, 3.63) is 52.8 Å². The van der Waals surface area contributed by atoms with Crippen LogP contribution in [0.5, 0.6) is 5.75 Å². The molecule has 2 N–H and O–H groups in total. The molecule has 1 fully saturated rings. The maximum absolute atomic E-state index is 13.9. The van der Waals surface area contributed by atoms with Gasteiger partial charge in [-0.15, -0.1) is 0 Å². The van der Waals surface area contributed by atoms with E-state index in [1.54, 1.807) is 31.3 Å². The Balaban J connectivity index is 1.73. The lowest BCUT2D eigenvalue weighted by molar-refractivity contribution is -0.139. The van der Waals surface area contributed by atoms with Crippen molar-refractivity contribution >= 4 is 29.3 Å². The van der Waals surface area contributed by atoms with Gasteiger partial charge in [-0.25, -0.2) is 9.38 Å². The zero-order valence-corrected chi connectivity index (χ0v) is 16.9. The summed E-state index contributed by atoms with van der Waals surface area (Å²) >= 11 is 6.03. The maximum atomic E-state index is 13.9. The number of halogens is 2. The van der Waals surface area contributed by atoms with E-state index in [4.69, 9.17) is 22.1 Å². The molecule has 2 aromatic rings. The molecule has 2 aliphatic heterocycles. The van der Waals surface area contributed by atoms with E-state index < -0.39 is 17.3 Å². The van der Waals surface area contributed by atoms with Gasteiger partial charge in [-0.05, 0) is 47.9 Å². The van der Waals surface area contributed by atoms with Crippen LogP contribution in [-0.2, 0) is 15.1 Å². The fraction of sp³-hybridized carbons (Fsp3) is 0.318. The zero-order valence-electron chi connectivity index (χ0n) is 16.2. The van der Waals surface area contributed by atoms with Gasteiger partial charge in [0.25, 0.3) is 5.91 Å². The van der Waals surface area contributed by atoms with E-state index >= 15 is 0 Å². The molecule has 0 saturated heterocycles. The number of carbonyl (C=O) groups is 2. The molecule has 1 spiro atoms. The van der Waals surface area contributed by atoms with Gasteiger partial charge in [-0.2, -0.15) is 0 Å². The van der Waals surface area contributed by atoms with E-state index in [-0.39, 0.29) is 35.2 Å². The minimum atomic E-state index is -1.33. The summed E-state index contributed by atoms with van der Waals surface area (Å²) in [5, 5.41) is 0.269. The number of ketones is 1. The van der Waals surface area contributed by atoms with Gasteiger partial charge >= 0.3 is 0 Å². The van der Waals surface area contributed by atoms with Crippen molar-refractivity contribution in [2.24, 2.45) is 16.6 Å². The van der Waals surface area contributed by atoms with Crippen molar-refractivity contribution in [2.75, 3.05) is 7.05 Å². The van der Waals surface area contributed by atoms with E-state index in [2.05, 4.69) is 4.99 Å². The molecule has 1 aliphatic carbocycles. The molecular weight excluding hydrogens is 409 g/mol. The number of hydrogen-bond donors (Lipinski definition) is 1. The highest BCUT2D eigenvalue weighted by Crippen LogP contribution is 2.53. The fourth-order valence-electron chi connectivity index (χ4n) is 4.81. The van der Waals surface area contributed by atoms with Gasteiger partial charge in [0.15, 0.2) is 11.5 Å². The van der Waals surface area contributed by atoms with Crippen LogP contribution >= 0.6 is 11.6 Å². The number of nitrogens with two attached hydrogens (primary N) is 1. The fourth-order valence-corrected chi connectivity index (χ4v) is 5.04. The minimum absolute atomic E-state index is 0.0758. The molecule has 30 heavy (non-hydrogen) atoms. The van der Waals surface area contributed by atoms with Crippen molar-refractivity contribution in [3.63, 3.8) is 0 Å². The first-order chi connectivity index (χ1) is 14.3. The number of Topliss-reactive ketones (excluding diaryl/α,β-unsaturated/α-hetero) is 1. The highest BCUT2D eigenvalue weighted by Gasteiger charge is 2.61. The number of guanidine groups is 1. The third kappa shape index (κ3) is 2.65. The third-order valence-electron chi connectivity index (χ3n) is 6.27. The van der Waals surface area contributed by atoms with Gasteiger partial charge in [0.2, 0.25) is 0 Å². The highest BCUT2D eigenvalue weighted by atomic mass is 35.5. The Morgan fingerprint density at radius 1 is 1.23 bits per heavy atom. The molecule has 6 nitrogen and oxygen atoms in total. The number of benzene rings is 2. The Bertz CT molecular complexity index is 1110. The molecule has 2 aromatic carbocycles. The Morgan fingerprint density at radius 2 is 2.03 bits per heavy atom. The van der Waals surface area contributed by atoms with Gasteiger partial charge < -0.3 is 10.5 Å². The number of amides is 1. The Morgan fingerprint density at radius 3 is 2.73 bits per heavy atom. The standard InChI is InChI=1S/C22H19ClFN3O3/c1-27-20(29)22(26-21(27)25)16-8-11(12-6-13(23)9-14(24)7-12)2-4-18(16)30-19-5-3-15(28)10-17(19)22/h2,4,6-9,17,19H,3,5,10H2,1H3,(H2,25,26)/t17-,19-,22-/m0/s1. The third-order valence-corrected chi connectivity index (χ3v) is 6.49. The second kappa shape index (κ2) is 6.54. The largest absolute Gasteiger partial charge is 0.490 e. The van der Waals surface area contributed by atoms with Crippen molar-refractivity contribution in [1.29, 1.82) is 0 Å². The van der Waals surface area contributed by atoms with E-state index in [0.717, 1.165) is 0 Å². The monoisotopic (exact) mass is 427 g/mol. The molecule has 3 atom stereocenters.